The molecule has 1 spiro atoms. The maximum atomic E-state index is 12.5. The number of rotatable bonds is 5. The van der Waals surface area contributed by atoms with Crippen LogP contribution in [0.3, 0.4) is 0 Å². The van der Waals surface area contributed by atoms with Gasteiger partial charge in [0.2, 0.25) is 17.7 Å². The van der Waals surface area contributed by atoms with Crippen LogP contribution in [-0.4, -0.2) is 57.7 Å². The average Bonchev–Trinajstić information content (AvgIpc) is 2.84. The molecule has 0 radical (unpaired) electrons. The van der Waals surface area contributed by atoms with Gasteiger partial charge in [-0.15, -0.1) is 0 Å². The Morgan fingerprint density at radius 2 is 2.14 bits per heavy atom. The van der Waals surface area contributed by atoms with Gasteiger partial charge < -0.3 is 21.1 Å². The first-order valence-corrected chi connectivity index (χ1v) is 7.29. The molecule has 2 heterocycles. The summed E-state index contributed by atoms with van der Waals surface area (Å²) in [6, 6.07) is -0.746. The summed E-state index contributed by atoms with van der Waals surface area (Å²) in [5, 5.41) is 12.2. The van der Waals surface area contributed by atoms with Crippen LogP contribution in [0, 0.1) is 5.92 Å². The Kier molecular flexibility index (Phi) is 4.23. The number of nitrogens with two attached hydrogens (primary N) is 1. The van der Waals surface area contributed by atoms with Crippen LogP contribution in [-0.2, 0) is 19.2 Å². The van der Waals surface area contributed by atoms with Gasteiger partial charge in [-0.25, -0.2) is 0 Å². The van der Waals surface area contributed by atoms with Gasteiger partial charge in [0.05, 0.1) is 24.6 Å². The lowest BCUT2D eigenvalue weighted by Crippen LogP contribution is -2.72. The van der Waals surface area contributed by atoms with Gasteiger partial charge in [0.15, 0.2) is 5.78 Å². The molecule has 2 fully saturated rings. The second-order valence-corrected chi connectivity index (χ2v) is 6.08. The Bertz CT molecular complexity index is 533. The first kappa shape index (κ1) is 16.4. The highest BCUT2D eigenvalue weighted by Crippen LogP contribution is 2.39. The molecule has 0 aromatic heterocycles. The molecular weight excluding hydrogens is 290 g/mol. The number of β-lactam (4-membered cyclic amide) rings is 1. The Balaban J connectivity index is 2.17. The maximum absolute atomic E-state index is 12.5. The monoisotopic (exact) mass is 311 g/mol. The summed E-state index contributed by atoms with van der Waals surface area (Å²) in [6.45, 7) is 3.05. The zero-order valence-electron chi connectivity index (χ0n) is 12.7. The van der Waals surface area contributed by atoms with Gasteiger partial charge in [-0.3, -0.25) is 19.2 Å². The van der Waals surface area contributed by atoms with Crippen molar-refractivity contribution in [1.29, 1.82) is 0 Å². The minimum Gasteiger partial charge on any atom is -0.393 e. The van der Waals surface area contributed by atoms with E-state index in [9.17, 15) is 24.3 Å². The molecule has 22 heavy (non-hydrogen) atoms. The summed E-state index contributed by atoms with van der Waals surface area (Å²) >= 11 is 0. The van der Waals surface area contributed by atoms with Crippen LogP contribution >= 0.6 is 0 Å². The van der Waals surface area contributed by atoms with Crippen molar-refractivity contribution >= 4 is 23.5 Å². The number of amides is 3. The largest absolute Gasteiger partial charge is 0.393 e. The summed E-state index contributed by atoms with van der Waals surface area (Å²) in [4.78, 5) is 48.9. The van der Waals surface area contributed by atoms with Gasteiger partial charge in [-0.2, -0.15) is 0 Å². The van der Waals surface area contributed by atoms with Crippen LogP contribution in [0.2, 0.25) is 0 Å². The smallest absolute Gasteiger partial charge is 0.247 e. The van der Waals surface area contributed by atoms with Gasteiger partial charge in [-0.05, 0) is 19.8 Å². The summed E-state index contributed by atoms with van der Waals surface area (Å²) in [6.07, 6.45) is -0.490. The summed E-state index contributed by atoms with van der Waals surface area (Å²) in [7, 11) is 0. The number of likely N-dealkylation sites (tertiary alicyclic amines) is 1. The van der Waals surface area contributed by atoms with Crippen molar-refractivity contribution in [1.82, 2.24) is 10.2 Å². The van der Waals surface area contributed by atoms with Gasteiger partial charge in [0.25, 0.3) is 0 Å². The lowest BCUT2D eigenvalue weighted by molar-refractivity contribution is -0.155. The third-order valence-electron chi connectivity index (χ3n) is 4.65. The highest BCUT2D eigenvalue weighted by molar-refractivity contribution is 6.00. The number of ketones is 1. The molecule has 0 aromatic rings. The molecule has 2 unspecified atom stereocenters. The number of nitrogens with zero attached hydrogens (tertiary/aromatic N) is 1. The zero-order chi connectivity index (χ0) is 16.7. The summed E-state index contributed by atoms with van der Waals surface area (Å²) < 4.78 is 0. The number of carbonyl (C=O) groups excluding carboxylic acids is 4. The van der Waals surface area contributed by atoms with Crippen molar-refractivity contribution in [2.75, 3.05) is 6.54 Å². The fourth-order valence-corrected chi connectivity index (χ4v) is 3.37. The van der Waals surface area contributed by atoms with Crippen LogP contribution in [0.4, 0.5) is 0 Å². The number of hydrogen-bond acceptors (Lipinski definition) is 5. The SMILES string of the molecule is CC(=O)N1C(C(=O)C[C@H](C(N)=O)[C@@H](C)O)CCC12CNC2=O. The molecular formula is C14H21N3O5. The molecule has 0 saturated carbocycles. The van der Waals surface area contributed by atoms with Crippen molar-refractivity contribution in [3.8, 4) is 0 Å². The lowest BCUT2D eigenvalue weighted by atomic mass is 9.88. The standard InChI is InChI=1S/C14H21N3O5/c1-7(18)9(12(15)21)5-11(20)10-3-4-14(6-16-13(14)22)17(10)8(2)19/h7,9-10,18H,3-6H2,1-2H3,(H2,15,21)(H,16,22)/t7-,9+,10?,14?/m1/s1. The summed E-state index contributed by atoms with van der Waals surface area (Å²) in [5.74, 6) is -2.70. The van der Waals surface area contributed by atoms with E-state index in [0.29, 0.717) is 19.4 Å². The number of aliphatic hydroxyl groups excluding tert-OH is 1. The topological polar surface area (TPSA) is 130 Å². The Labute approximate surface area is 128 Å². The number of aliphatic hydroxyl groups is 1. The average molecular weight is 311 g/mol. The van der Waals surface area contributed by atoms with E-state index in [4.69, 9.17) is 5.73 Å². The van der Waals surface area contributed by atoms with Gasteiger partial charge >= 0.3 is 0 Å². The first-order chi connectivity index (χ1) is 10.2. The molecule has 0 aliphatic carbocycles. The predicted octanol–water partition coefficient (Wildman–Crippen LogP) is -1.69. The molecule has 4 atom stereocenters. The van der Waals surface area contributed by atoms with Crippen molar-refractivity contribution in [2.45, 2.75) is 50.8 Å². The minimum absolute atomic E-state index is 0.237. The van der Waals surface area contributed by atoms with Gasteiger partial charge in [0, 0.05) is 13.3 Å². The Hall–Kier alpha value is -1.96. The third-order valence-corrected chi connectivity index (χ3v) is 4.65. The number of hydrogen-bond donors (Lipinski definition) is 3. The van der Waals surface area contributed by atoms with Crippen LogP contribution in [0.1, 0.15) is 33.1 Å². The predicted molar refractivity (Wildman–Crippen MR) is 75.3 cm³/mol. The highest BCUT2D eigenvalue weighted by Gasteiger charge is 2.59. The molecule has 2 rings (SSSR count). The van der Waals surface area contributed by atoms with Crippen molar-refractivity contribution in [2.24, 2.45) is 11.7 Å². The quantitative estimate of drug-likeness (QED) is 0.521. The molecule has 8 nitrogen and oxygen atoms in total. The second-order valence-electron chi connectivity index (χ2n) is 6.08. The number of nitrogens with one attached hydrogen (secondary N) is 1. The maximum Gasteiger partial charge on any atom is 0.247 e. The fraction of sp³-hybridized carbons (Fsp3) is 0.714. The molecule has 2 aliphatic heterocycles. The van der Waals surface area contributed by atoms with E-state index in [0.717, 1.165) is 0 Å². The van der Waals surface area contributed by atoms with E-state index < -0.39 is 29.5 Å². The van der Waals surface area contributed by atoms with E-state index in [1.54, 1.807) is 0 Å². The van der Waals surface area contributed by atoms with Crippen molar-refractivity contribution < 1.29 is 24.3 Å². The molecule has 4 N–H and O–H groups in total. The van der Waals surface area contributed by atoms with E-state index in [-0.39, 0.29) is 24.0 Å². The van der Waals surface area contributed by atoms with Crippen molar-refractivity contribution in [3.63, 3.8) is 0 Å². The molecule has 122 valence electrons. The summed E-state index contributed by atoms with van der Waals surface area (Å²) in [5.41, 5.74) is 4.26. The molecule has 2 aliphatic rings. The lowest BCUT2D eigenvalue weighted by Gasteiger charge is -2.45. The zero-order valence-corrected chi connectivity index (χ0v) is 12.7. The number of Topliss-reactive ketones (excluding diaryl/α,β-unsaturated/α-hetero) is 1. The number of carbonyl (C=O) groups is 4. The van der Waals surface area contributed by atoms with E-state index in [1.165, 1.54) is 18.7 Å². The van der Waals surface area contributed by atoms with Crippen LogP contribution in [0.15, 0.2) is 0 Å². The highest BCUT2D eigenvalue weighted by atomic mass is 16.3. The molecule has 0 aromatic carbocycles. The Morgan fingerprint density at radius 3 is 2.50 bits per heavy atom. The van der Waals surface area contributed by atoms with Crippen molar-refractivity contribution in [3.05, 3.63) is 0 Å². The Morgan fingerprint density at radius 1 is 1.50 bits per heavy atom. The van der Waals surface area contributed by atoms with Crippen LogP contribution in [0.5, 0.6) is 0 Å². The van der Waals surface area contributed by atoms with Gasteiger partial charge in [0.1, 0.15) is 5.54 Å². The first-order valence-electron chi connectivity index (χ1n) is 7.29. The number of primary amides is 1. The third kappa shape index (κ3) is 2.47. The minimum atomic E-state index is -1.05. The van der Waals surface area contributed by atoms with E-state index >= 15 is 0 Å². The molecule has 8 heteroatoms. The normalized spacial score (nSPS) is 29.7. The molecule has 3 amide bonds. The second kappa shape index (κ2) is 5.68. The van der Waals surface area contributed by atoms with E-state index in [1.807, 2.05) is 0 Å². The van der Waals surface area contributed by atoms with Gasteiger partial charge in [-0.1, -0.05) is 0 Å². The molecule has 2 saturated heterocycles. The van der Waals surface area contributed by atoms with E-state index in [2.05, 4.69) is 5.32 Å². The fourth-order valence-electron chi connectivity index (χ4n) is 3.37. The van der Waals surface area contributed by atoms with Crippen LogP contribution < -0.4 is 11.1 Å². The van der Waals surface area contributed by atoms with Crippen LogP contribution in [0.25, 0.3) is 0 Å². The molecule has 0 bridgehead atoms.